The Kier molecular flexibility index (Phi) is 4.87. The van der Waals surface area contributed by atoms with E-state index < -0.39 is 0 Å². The molecule has 1 fully saturated rings. The van der Waals surface area contributed by atoms with Crippen molar-refractivity contribution in [2.75, 3.05) is 6.54 Å². The summed E-state index contributed by atoms with van der Waals surface area (Å²) in [5, 5.41) is 9.79. The van der Waals surface area contributed by atoms with Crippen molar-refractivity contribution in [2.45, 2.75) is 71.4 Å². The Hall–Kier alpha value is -2.25. The van der Waals surface area contributed by atoms with Gasteiger partial charge in [0.05, 0.1) is 6.04 Å². The van der Waals surface area contributed by atoms with Crippen molar-refractivity contribution in [3.63, 3.8) is 0 Å². The van der Waals surface area contributed by atoms with Gasteiger partial charge in [-0.3, -0.25) is 9.59 Å². The number of likely N-dealkylation sites (tertiary alicyclic amines) is 1. The van der Waals surface area contributed by atoms with E-state index in [1.54, 1.807) is 4.90 Å². The Bertz CT molecular complexity index is 694. The van der Waals surface area contributed by atoms with Crippen molar-refractivity contribution in [3.05, 3.63) is 11.7 Å². The van der Waals surface area contributed by atoms with Gasteiger partial charge in [-0.1, -0.05) is 19.0 Å². The number of amides is 2. The first-order chi connectivity index (χ1) is 11.9. The normalized spacial score (nSPS) is 21.4. The van der Waals surface area contributed by atoms with Crippen LogP contribution >= 0.6 is 0 Å². The summed E-state index contributed by atoms with van der Waals surface area (Å²) >= 11 is 0. The molecule has 3 rings (SSSR count). The van der Waals surface area contributed by atoms with E-state index >= 15 is 0 Å². The van der Waals surface area contributed by atoms with Crippen LogP contribution in [-0.4, -0.2) is 50.2 Å². The minimum absolute atomic E-state index is 0.0377. The third-order valence-corrected chi connectivity index (χ3v) is 4.56. The number of carbonyl (C=O) groups excluding carboxylic acids is 2. The van der Waals surface area contributed by atoms with Crippen molar-refractivity contribution >= 4 is 17.5 Å². The topological polar surface area (TPSA) is 91.9 Å². The predicted molar refractivity (Wildman–Crippen MR) is 90.7 cm³/mol. The highest BCUT2D eigenvalue weighted by Gasteiger charge is 2.37. The lowest BCUT2D eigenvalue weighted by Crippen LogP contribution is -2.43. The highest BCUT2D eigenvalue weighted by atomic mass is 16.5. The summed E-state index contributed by atoms with van der Waals surface area (Å²) < 4.78 is 5.29. The molecule has 1 aromatic rings. The summed E-state index contributed by atoms with van der Waals surface area (Å²) in [5.74, 6) is 1.13. The van der Waals surface area contributed by atoms with Crippen LogP contribution in [0.5, 0.6) is 0 Å². The molecule has 0 unspecified atom stereocenters. The molecule has 1 saturated heterocycles. The van der Waals surface area contributed by atoms with Crippen LogP contribution in [0.2, 0.25) is 0 Å². The lowest BCUT2D eigenvalue weighted by atomic mass is 10.1. The standard InChI is InChI=1S/C17H25N5O3/c1-10(2)16-18-15(20-25-16)13-6-5-9-21(13)17(24)12-7-8-14(23)22(19-12)11(3)4/h10-11,13H,5-9H2,1-4H3/t13-/m1/s1. The average molecular weight is 347 g/mol. The molecule has 1 aromatic heterocycles. The number of hydrogen-bond donors (Lipinski definition) is 0. The fourth-order valence-electron chi connectivity index (χ4n) is 3.19. The number of nitrogens with zero attached hydrogens (tertiary/aromatic N) is 5. The third-order valence-electron chi connectivity index (χ3n) is 4.56. The van der Waals surface area contributed by atoms with Gasteiger partial charge in [0.25, 0.3) is 5.91 Å². The van der Waals surface area contributed by atoms with Crippen molar-refractivity contribution in [2.24, 2.45) is 5.10 Å². The molecule has 0 saturated carbocycles. The molecular weight excluding hydrogens is 322 g/mol. The number of aromatic nitrogens is 2. The summed E-state index contributed by atoms with van der Waals surface area (Å²) in [6, 6.07) is -0.243. The molecule has 2 amide bonds. The number of hydrogen-bond acceptors (Lipinski definition) is 6. The Balaban J connectivity index is 1.81. The molecule has 0 aromatic carbocycles. The first kappa shape index (κ1) is 17.6. The molecule has 1 atom stereocenters. The van der Waals surface area contributed by atoms with Gasteiger partial charge in [-0.15, -0.1) is 0 Å². The van der Waals surface area contributed by atoms with E-state index in [2.05, 4.69) is 15.2 Å². The lowest BCUT2D eigenvalue weighted by Gasteiger charge is -2.29. The second-order valence-corrected chi connectivity index (χ2v) is 7.18. The summed E-state index contributed by atoms with van der Waals surface area (Å²) in [7, 11) is 0. The van der Waals surface area contributed by atoms with E-state index in [4.69, 9.17) is 4.52 Å². The molecule has 136 valence electrons. The summed E-state index contributed by atoms with van der Waals surface area (Å²) in [6.45, 7) is 8.40. The second kappa shape index (κ2) is 6.93. The van der Waals surface area contributed by atoms with Gasteiger partial charge in [0.15, 0.2) is 5.82 Å². The van der Waals surface area contributed by atoms with Gasteiger partial charge < -0.3 is 9.42 Å². The van der Waals surface area contributed by atoms with Crippen molar-refractivity contribution in [3.8, 4) is 0 Å². The number of rotatable bonds is 4. The van der Waals surface area contributed by atoms with Crippen LogP contribution in [-0.2, 0) is 9.59 Å². The van der Waals surface area contributed by atoms with Crippen LogP contribution in [0, 0.1) is 0 Å². The van der Waals surface area contributed by atoms with Gasteiger partial charge in [0.1, 0.15) is 5.71 Å². The van der Waals surface area contributed by atoms with Crippen LogP contribution in [0.1, 0.15) is 77.1 Å². The highest BCUT2D eigenvalue weighted by Crippen LogP contribution is 2.31. The van der Waals surface area contributed by atoms with E-state index in [1.165, 1.54) is 5.01 Å². The molecule has 0 aliphatic carbocycles. The molecule has 0 radical (unpaired) electrons. The first-order valence-electron chi connectivity index (χ1n) is 8.92. The molecule has 2 aliphatic rings. The molecule has 8 nitrogen and oxygen atoms in total. The van der Waals surface area contributed by atoms with E-state index in [9.17, 15) is 9.59 Å². The predicted octanol–water partition coefficient (Wildman–Crippen LogP) is 2.24. The number of carbonyl (C=O) groups is 2. The zero-order valence-electron chi connectivity index (χ0n) is 15.2. The summed E-state index contributed by atoms with van der Waals surface area (Å²) in [4.78, 5) is 31.1. The minimum atomic E-state index is -0.184. The van der Waals surface area contributed by atoms with Gasteiger partial charge >= 0.3 is 0 Å². The first-order valence-corrected chi connectivity index (χ1v) is 8.92. The Morgan fingerprint density at radius 3 is 2.64 bits per heavy atom. The van der Waals surface area contributed by atoms with Gasteiger partial charge in [-0.25, -0.2) is 5.01 Å². The van der Waals surface area contributed by atoms with Gasteiger partial charge in [-0.05, 0) is 26.7 Å². The van der Waals surface area contributed by atoms with Crippen LogP contribution < -0.4 is 0 Å². The van der Waals surface area contributed by atoms with Gasteiger partial charge in [0, 0.05) is 31.3 Å². The van der Waals surface area contributed by atoms with Gasteiger partial charge in [-0.2, -0.15) is 10.1 Å². The SMILES string of the molecule is CC(C)c1nc([C@H]2CCCN2C(=O)C2=NN(C(C)C)C(=O)CC2)no1. The van der Waals surface area contributed by atoms with Crippen LogP contribution in [0.3, 0.4) is 0 Å². The van der Waals surface area contributed by atoms with E-state index in [1.807, 2.05) is 27.7 Å². The molecule has 25 heavy (non-hydrogen) atoms. The minimum Gasteiger partial charge on any atom is -0.339 e. The van der Waals surface area contributed by atoms with Crippen LogP contribution in [0.4, 0.5) is 0 Å². The fraction of sp³-hybridized carbons (Fsp3) is 0.706. The molecule has 0 N–H and O–H groups in total. The van der Waals surface area contributed by atoms with Crippen molar-refractivity contribution < 1.29 is 14.1 Å². The van der Waals surface area contributed by atoms with Crippen LogP contribution in [0.15, 0.2) is 9.62 Å². The largest absolute Gasteiger partial charge is 0.339 e. The zero-order valence-corrected chi connectivity index (χ0v) is 15.2. The molecule has 0 bridgehead atoms. The maximum atomic E-state index is 13.0. The Morgan fingerprint density at radius 1 is 1.24 bits per heavy atom. The number of hydrazone groups is 1. The van der Waals surface area contributed by atoms with E-state index in [0.717, 1.165) is 12.8 Å². The molecule has 2 aliphatic heterocycles. The van der Waals surface area contributed by atoms with Crippen LogP contribution in [0.25, 0.3) is 0 Å². The second-order valence-electron chi connectivity index (χ2n) is 7.18. The molecule has 0 spiro atoms. The van der Waals surface area contributed by atoms with E-state index in [-0.39, 0.29) is 29.8 Å². The Morgan fingerprint density at radius 2 is 2.00 bits per heavy atom. The summed E-state index contributed by atoms with van der Waals surface area (Å²) in [5.41, 5.74) is 0.438. The Labute approximate surface area is 147 Å². The van der Waals surface area contributed by atoms with Crippen molar-refractivity contribution in [1.82, 2.24) is 20.0 Å². The van der Waals surface area contributed by atoms with E-state index in [0.29, 0.717) is 36.8 Å². The fourth-order valence-corrected chi connectivity index (χ4v) is 3.19. The molecular formula is C17H25N5O3. The van der Waals surface area contributed by atoms with Crippen molar-refractivity contribution in [1.29, 1.82) is 0 Å². The molecule has 3 heterocycles. The van der Waals surface area contributed by atoms with Gasteiger partial charge in [0.2, 0.25) is 11.8 Å². The highest BCUT2D eigenvalue weighted by molar-refractivity contribution is 6.39. The lowest BCUT2D eigenvalue weighted by molar-refractivity contribution is -0.133. The molecule has 8 heteroatoms. The monoisotopic (exact) mass is 347 g/mol. The average Bonchev–Trinajstić information content (AvgIpc) is 3.23. The summed E-state index contributed by atoms with van der Waals surface area (Å²) in [6.07, 6.45) is 2.40. The third kappa shape index (κ3) is 3.43. The zero-order chi connectivity index (χ0) is 18.1. The quantitative estimate of drug-likeness (QED) is 0.833. The smallest absolute Gasteiger partial charge is 0.270 e. The maximum Gasteiger partial charge on any atom is 0.270 e. The maximum absolute atomic E-state index is 13.0.